The summed E-state index contributed by atoms with van der Waals surface area (Å²) in [6.45, 7) is 2.73. The molecule has 0 atom stereocenters. The van der Waals surface area contributed by atoms with Gasteiger partial charge >= 0.3 is 6.01 Å². The van der Waals surface area contributed by atoms with Gasteiger partial charge in [-0.2, -0.15) is 4.98 Å². The van der Waals surface area contributed by atoms with Crippen LogP contribution in [0.4, 0.5) is 5.82 Å². The molecule has 1 N–H and O–H groups in total. The summed E-state index contributed by atoms with van der Waals surface area (Å²) < 4.78 is 5.06. The zero-order chi connectivity index (χ0) is 14.4. The van der Waals surface area contributed by atoms with E-state index < -0.39 is 0 Å². The van der Waals surface area contributed by atoms with Crippen LogP contribution in [0.3, 0.4) is 0 Å². The number of allylic oxidation sites excluding steroid dienone is 5. The van der Waals surface area contributed by atoms with Crippen LogP contribution in [0.25, 0.3) is 0 Å². The highest BCUT2D eigenvalue weighted by molar-refractivity contribution is 6.31. The minimum absolute atomic E-state index is 0.388. The zero-order valence-corrected chi connectivity index (χ0v) is 12.4. The monoisotopic (exact) mass is 291 g/mol. The molecule has 0 spiro atoms. The molecule has 0 aliphatic heterocycles. The maximum Gasteiger partial charge on any atom is 0.318 e. The van der Waals surface area contributed by atoms with Crippen molar-refractivity contribution in [3.05, 3.63) is 46.7 Å². The third-order valence-corrected chi connectivity index (χ3v) is 3.16. The fourth-order valence-electron chi connectivity index (χ4n) is 1.90. The van der Waals surface area contributed by atoms with Crippen molar-refractivity contribution in [1.82, 2.24) is 9.97 Å². The number of ether oxygens (including phenoxy) is 1. The van der Waals surface area contributed by atoms with Crippen molar-refractivity contribution in [3.8, 4) is 6.01 Å². The van der Waals surface area contributed by atoms with Gasteiger partial charge in [0.25, 0.3) is 0 Å². The smallest absolute Gasteiger partial charge is 0.318 e. The molecule has 1 aliphatic carbocycles. The van der Waals surface area contributed by atoms with E-state index >= 15 is 0 Å². The van der Waals surface area contributed by atoms with Crippen LogP contribution in [-0.2, 0) is 0 Å². The second-order valence-electron chi connectivity index (χ2n) is 4.54. The second kappa shape index (κ2) is 7.10. The van der Waals surface area contributed by atoms with Gasteiger partial charge in [0.05, 0.1) is 7.11 Å². The molecule has 1 heterocycles. The van der Waals surface area contributed by atoms with Crippen molar-refractivity contribution in [2.75, 3.05) is 19.0 Å². The highest BCUT2D eigenvalue weighted by Gasteiger charge is 2.03. The third kappa shape index (κ3) is 4.38. The standard InChI is InChI=1S/C15H18ClN3O/c1-11-10-14(19-15(18-11)20-2)17-9-8-12-4-3-5-13(16)7-6-12/h3,5-7,10H,4,8-9H2,1-2H3,(H,17,18,19). The van der Waals surface area contributed by atoms with Gasteiger partial charge in [0.15, 0.2) is 0 Å². The number of anilines is 1. The van der Waals surface area contributed by atoms with Crippen LogP contribution in [0.1, 0.15) is 18.5 Å². The molecule has 0 saturated carbocycles. The number of nitrogens with one attached hydrogen (secondary N) is 1. The van der Waals surface area contributed by atoms with E-state index in [1.807, 2.05) is 25.1 Å². The molecule has 5 heteroatoms. The van der Waals surface area contributed by atoms with Gasteiger partial charge < -0.3 is 10.1 Å². The normalized spacial score (nSPS) is 14.3. The molecule has 4 nitrogen and oxygen atoms in total. The lowest BCUT2D eigenvalue weighted by Gasteiger charge is -2.08. The minimum Gasteiger partial charge on any atom is -0.467 e. The lowest BCUT2D eigenvalue weighted by atomic mass is 10.1. The van der Waals surface area contributed by atoms with Gasteiger partial charge in [0.2, 0.25) is 0 Å². The Kier molecular flexibility index (Phi) is 5.18. The van der Waals surface area contributed by atoms with E-state index in [1.54, 1.807) is 7.11 Å². The molecule has 0 amide bonds. The Hall–Kier alpha value is -1.81. The number of nitrogens with zero attached hydrogens (tertiary/aromatic N) is 2. The molecule has 0 unspecified atom stereocenters. The number of halogens is 1. The van der Waals surface area contributed by atoms with Crippen LogP contribution >= 0.6 is 11.6 Å². The molecule has 1 aromatic rings. The van der Waals surface area contributed by atoms with E-state index in [1.165, 1.54) is 5.57 Å². The summed E-state index contributed by atoms with van der Waals surface area (Å²) in [4.78, 5) is 8.41. The van der Waals surface area contributed by atoms with E-state index in [2.05, 4.69) is 27.4 Å². The van der Waals surface area contributed by atoms with E-state index in [0.29, 0.717) is 6.01 Å². The summed E-state index contributed by atoms with van der Waals surface area (Å²) in [5.74, 6) is 0.785. The topological polar surface area (TPSA) is 47.0 Å². The number of rotatable bonds is 5. The third-order valence-electron chi connectivity index (χ3n) is 2.90. The summed E-state index contributed by atoms with van der Waals surface area (Å²) in [6, 6.07) is 2.29. The van der Waals surface area contributed by atoms with Crippen molar-refractivity contribution in [2.45, 2.75) is 19.8 Å². The number of aromatic nitrogens is 2. The largest absolute Gasteiger partial charge is 0.467 e. The highest BCUT2D eigenvalue weighted by atomic mass is 35.5. The summed E-state index contributed by atoms with van der Waals surface area (Å²) in [5, 5.41) is 4.06. The average Bonchev–Trinajstić information content (AvgIpc) is 2.63. The lowest BCUT2D eigenvalue weighted by Crippen LogP contribution is -2.06. The van der Waals surface area contributed by atoms with Crippen LogP contribution in [0, 0.1) is 6.92 Å². The number of hydrogen-bond donors (Lipinski definition) is 1. The highest BCUT2D eigenvalue weighted by Crippen LogP contribution is 2.17. The van der Waals surface area contributed by atoms with E-state index in [4.69, 9.17) is 16.3 Å². The summed E-state index contributed by atoms with van der Waals surface area (Å²) >= 11 is 5.95. The molecule has 1 aliphatic rings. The first-order valence-electron chi connectivity index (χ1n) is 6.52. The summed E-state index contributed by atoms with van der Waals surface area (Å²) in [6.07, 6.45) is 9.89. The van der Waals surface area contributed by atoms with Crippen molar-refractivity contribution in [3.63, 3.8) is 0 Å². The Balaban J connectivity index is 1.90. The Bertz CT molecular complexity index is 564. The molecule has 2 rings (SSSR count). The molecule has 106 valence electrons. The van der Waals surface area contributed by atoms with Gasteiger partial charge in [-0.3, -0.25) is 0 Å². The first kappa shape index (κ1) is 14.6. The van der Waals surface area contributed by atoms with Gasteiger partial charge in [0.1, 0.15) is 5.82 Å². The van der Waals surface area contributed by atoms with Gasteiger partial charge in [-0.1, -0.05) is 29.3 Å². The number of aryl methyl sites for hydroxylation is 1. The second-order valence-corrected chi connectivity index (χ2v) is 4.98. The van der Waals surface area contributed by atoms with Gasteiger partial charge in [-0.25, -0.2) is 4.98 Å². The predicted molar refractivity (Wildman–Crippen MR) is 82.2 cm³/mol. The first-order chi connectivity index (χ1) is 9.67. The van der Waals surface area contributed by atoms with Crippen LogP contribution in [0.15, 0.2) is 41.0 Å². The van der Waals surface area contributed by atoms with Gasteiger partial charge in [0, 0.05) is 23.3 Å². The minimum atomic E-state index is 0.388. The van der Waals surface area contributed by atoms with E-state index in [0.717, 1.165) is 35.9 Å². The summed E-state index contributed by atoms with van der Waals surface area (Å²) in [5.41, 5.74) is 2.22. The fraction of sp³-hybridized carbons (Fsp3) is 0.333. The van der Waals surface area contributed by atoms with Crippen molar-refractivity contribution in [1.29, 1.82) is 0 Å². The number of methoxy groups -OCH3 is 1. The predicted octanol–water partition coefficient (Wildman–Crippen LogP) is 3.60. The van der Waals surface area contributed by atoms with Crippen molar-refractivity contribution >= 4 is 17.4 Å². The SMILES string of the molecule is COc1nc(C)cc(NCCC2=CC=C(Cl)C=CC2)n1. The Morgan fingerprint density at radius 1 is 1.35 bits per heavy atom. The van der Waals surface area contributed by atoms with Crippen LogP contribution in [0.5, 0.6) is 6.01 Å². The van der Waals surface area contributed by atoms with Crippen molar-refractivity contribution in [2.24, 2.45) is 0 Å². The Morgan fingerprint density at radius 2 is 2.20 bits per heavy atom. The molecule has 1 aromatic heterocycles. The van der Waals surface area contributed by atoms with Crippen LogP contribution < -0.4 is 10.1 Å². The van der Waals surface area contributed by atoms with Crippen LogP contribution in [-0.4, -0.2) is 23.6 Å². The Labute approximate surface area is 124 Å². The van der Waals surface area contributed by atoms with Crippen LogP contribution in [0.2, 0.25) is 0 Å². The molecule has 0 radical (unpaired) electrons. The number of hydrogen-bond acceptors (Lipinski definition) is 4. The maximum absolute atomic E-state index is 5.95. The Morgan fingerprint density at radius 3 is 3.00 bits per heavy atom. The maximum atomic E-state index is 5.95. The molecule has 20 heavy (non-hydrogen) atoms. The summed E-state index contributed by atoms with van der Waals surface area (Å²) in [7, 11) is 1.57. The molecular weight excluding hydrogens is 274 g/mol. The van der Waals surface area contributed by atoms with Crippen molar-refractivity contribution < 1.29 is 4.74 Å². The first-order valence-corrected chi connectivity index (χ1v) is 6.90. The van der Waals surface area contributed by atoms with E-state index in [9.17, 15) is 0 Å². The zero-order valence-electron chi connectivity index (χ0n) is 11.7. The van der Waals surface area contributed by atoms with Gasteiger partial charge in [-0.05, 0) is 31.9 Å². The van der Waals surface area contributed by atoms with E-state index in [-0.39, 0.29) is 0 Å². The fourth-order valence-corrected chi connectivity index (χ4v) is 2.06. The molecule has 0 bridgehead atoms. The quantitative estimate of drug-likeness (QED) is 0.900. The molecule has 0 fully saturated rings. The molecule has 0 saturated heterocycles. The average molecular weight is 292 g/mol. The molecule has 0 aromatic carbocycles. The molecular formula is C15H18ClN3O. The van der Waals surface area contributed by atoms with Gasteiger partial charge in [-0.15, -0.1) is 0 Å². The lowest BCUT2D eigenvalue weighted by molar-refractivity contribution is 0.379.